The van der Waals surface area contributed by atoms with Crippen molar-refractivity contribution in [2.75, 3.05) is 25.6 Å². The number of rotatable bonds is 10. The second kappa shape index (κ2) is 10.6. The first-order chi connectivity index (χ1) is 16.9. The van der Waals surface area contributed by atoms with Crippen LogP contribution in [0.25, 0.3) is 0 Å². The van der Waals surface area contributed by atoms with Crippen LogP contribution < -0.4 is 14.8 Å². The zero-order chi connectivity index (χ0) is 24.9. The van der Waals surface area contributed by atoms with E-state index in [1.165, 1.54) is 0 Å². The Kier molecular flexibility index (Phi) is 7.39. The number of carbonyl (C=O) groups excluding carboxylic acids is 2. The molecule has 0 bridgehead atoms. The summed E-state index contributed by atoms with van der Waals surface area (Å²) in [5, 5.41) is 3.41. The minimum Gasteiger partial charge on any atom is -0.493 e. The largest absolute Gasteiger partial charge is 0.493 e. The summed E-state index contributed by atoms with van der Waals surface area (Å²) >= 11 is 0. The number of amides is 1. The van der Waals surface area contributed by atoms with Crippen LogP contribution in [0.4, 0.5) is 11.4 Å². The van der Waals surface area contributed by atoms with Crippen molar-refractivity contribution in [1.29, 1.82) is 0 Å². The highest BCUT2D eigenvalue weighted by Gasteiger charge is 2.34. The van der Waals surface area contributed by atoms with E-state index in [0.717, 1.165) is 48.9 Å². The molecule has 35 heavy (non-hydrogen) atoms. The summed E-state index contributed by atoms with van der Waals surface area (Å²) in [7, 11) is 3.41. The molecule has 0 spiro atoms. The number of carbonyl (C=O) groups is 2. The second-order valence-corrected chi connectivity index (χ2v) is 8.85. The minimum atomic E-state index is -0.0648. The Labute approximate surface area is 205 Å². The lowest BCUT2D eigenvalue weighted by Gasteiger charge is -2.20. The maximum atomic E-state index is 13.1. The molecule has 1 aromatic carbocycles. The first-order valence-corrected chi connectivity index (χ1v) is 11.9. The molecule has 1 N–H and O–H groups in total. The molecule has 0 radical (unpaired) electrons. The lowest BCUT2D eigenvalue weighted by molar-refractivity contribution is 0.0777. The van der Waals surface area contributed by atoms with Gasteiger partial charge in [-0.15, -0.1) is 0 Å². The smallest absolute Gasteiger partial charge is 0.257 e. The van der Waals surface area contributed by atoms with Gasteiger partial charge in [0.1, 0.15) is 0 Å². The van der Waals surface area contributed by atoms with E-state index in [4.69, 9.17) is 9.47 Å². The van der Waals surface area contributed by atoms with Crippen LogP contribution in [0, 0.1) is 0 Å². The molecule has 1 aromatic heterocycles. The van der Waals surface area contributed by atoms with Gasteiger partial charge in [0.2, 0.25) is 0 Å². The molecule has 1 atom stereocenters. The molecule has 0 aliphatic carbocycles. The maximum absolute atomic E-state index is 13.1. The number of aliphatic imine (C=N–C) groups is 1. The summed E-state index contributed by atoms with van der Waals surface area (Å²) in [6.07, 6.45) is 9.89. The third-order valence-electron chi connectivity index (χ3n) is 6.22. The van der Waals surface area contributed by atoms with E-state index in [2.05, 4.69) is 29.9 Å². The Bertz CT molecular complexity index is 1190. The van der Waals surface area contributed by atoms with E-state index in [9.17, 15) is 9.59 Å². The van der Waals surface area contributed by atoms with E-state index >= 15 is 0 Å². The van der Waals surface area contributed by atoms with Crippen molar-refractivity contribution in [2.45, 2.75) is 38.6 Å². The zero-order valence-electron chi connectivity index (χ0n) is 20.5. The fraction of sp³-hybridized carbons (Fsp3) is 0.370. The number of nitrogens with zero attached hydrogens (tertiary/aromatic N) is 3. The summed E-state index contributed by atoms with van der Waals surface area (Å²) in [5.74, 6) is 1.01. The molecule has 184 valence electrons. The molecule has 0 saturated carbocycles. The van der Waals surface area contributed by atoms with Crippen LogP contribution in [0.5, 0.6) is 11.5 Å². The number of aldehydes is 1. The molecule has 1 fully saturated rings. The Morgan fingerprint density at radius 3 is 2.86 bits per heavy atom. The SMILES string of the molecule is C=C1CC2C=Nc3cc(OCCC/C(=C/CC)Nc4cc(C=O)n(C)c4)c(OC)cc3C(=O)N2C1. The topological polar surface area (TPSA) is 85.2 Å². The number of hydrogen-bond acceptors (Lipinski definition) is 6. The van der Waals surface area contributed by atoms with Gasteiger partial charge in [-0.05, 0) is 37.8 Å². The van der Waals surface area contributed by atoms with Crippen LogP contribution in [0.3, 0.4) is 0 Å². The second-order valence-electron chi connectivity index (χ2n) is 8.85. The summed E-state index contributed by atoms with van der Waals surface area (Å²) in [6, 6.07) is 5.28. The molecule has 2 aromatic rings. The van der Waals surface area contributed by atoms with E-state index < -0.39 is 0 Å². The van der Waals surface area contributed by atoms with Crippen LogP contribution in [-0.2, 0) is 7.05 Å². The fourth-order valence-corrected chi connectivity index (χ4v) is 4.46. The molecular formula is C27H32N4O4. The van der Waals surface area contributed by atoms with E-state index in [-0.39, 0.29) is 11.9 Å². The first-order valence-electron chi connectivity index (χ1n) is 11.9. The van der Waals surface area contributed by atoms with Gasteiger partial charge in [0.15, 0.2) is 17.8 Å². The highest BCUT2D eigenvalue weighted by atomic mass is 16.5. The Hall–Kier alpha value is -3.81. The number of anilines is 1. The number of fused-ring (bicyclic) bond motifs is 2. The van der Waals surface area contributed by atoms with Crippen molar-refractivity contribution < 1.29 is 19.1 Å². The number of benzene rings is 1. The van der Waals surface area contributed by atoms with Crippen molar-refractivity contribution in [3.05, 3.63) is 59.6 Å². The molecule has 4 rings (SSSR count). The maximum Gasteiger partial charge on any atom is 0.257 e. The van der Waals surface area contributed by atoms with Crippen LogP contribution in [0.2, 0.25) is 0 Å². The van der Waals surface area contributed by atoms with Gasteiger partial charge in [-0.2, -0.15) is 0 Å². The predicted octanol–water partition coefficient (Wildman–Crippen LogP) is 4.90. The number of ether oxygens (including phenoxy) is 2. The van der Waals surface area contributed by atoms with Crippen LogP contribution >= 0.6 is 0 Å². The molecule has 1 saturated heterocycles. The number of allylic oxidation sites excluding steroid dienone is 2. The lowest BCUT2D eigenvalue weighted by atomic mass is 10.1. The first kappa shape index (κ1) is 24.3. The van der Waals surface area contributed by atoms with Gasteiger partial charge in [0, 0.05) is 37.8 Å². The van der Waals surface area contributed by atoms with Gasteiger partial charge in [0.25, 0.3) is 5.91 Å². The molecule has 8 nitrogen and oxygen atoms in total. The number of hydrogen-bond donors (Lipinski definition) is 1. The zero-order valence-corrected chi connectivity index (χ0v) is 20.5. The molecule has 1 amide bonds. The van der Waals surface area contributed by atoms with Gasteiger partial charge >= 0.3 is 0 Å². The van der Waals surface area contributed by atoms with Gasteiger partial charge in [-0.25, -0.2) is 0 Å². The third kappa shape index (κ3) is 5.31. The summed E-state index contributed by atoms with van der Waals surface area (Å²) in [5.41, 5.74) is 4.72. The molecular weight excluding hydrogens is 444 g/mol. The number of nitrogens with one attached hydrogen (secondary N) is 1. The monoisotopic (exact) mass is 476 g/mol. The van der Waals surface area contributed by atoms with E-state index in [1.54, 1.807) is 28.7 Å². The van der Waals surface area contributed by atoms with Crippen molar-refractivity contribution in [1.82, 2.24) is 9.47 Å². The number of methoxy groups -OCH3 is 1. The highest BCUT2D eigenvalue weighted by Crippen LogP contribution is 2.38. The molecule has 2 aliphatic rings. The molecule has 2 aliphatic heterocycles. The highest BCUT2D eigenvalue weighted by molar-refractivity contribution is 6.03. The predicted molar refractivity (Wildman–Crippen MR) is 137 cm³/mol. The summed E-state index contributed by atoms with van der Waals surface area (Å²) in [4.78, 5) is 30.6. The van der Waals surface area contributed by atoms with E-state index in [1.807, 2.05) is 25.5 Å². The van der Waals surface area contributed by atoms with Crippen molar-refractivity contribution in [3.8, 4) is 11.5 Å². The molecule has 1 unspecified atom stereocenters. The average Bonchev–Trinajstić information content (AvgIpc) is 3.37. The normalized spacial score (nSPS) is 17.2. The van der Waals surface area contributed by atoms with Gasteiger partial charge in [-0.3, -0.25) is 14.6 Å². The lowest BCUT2D eigenvalue weighted by Crippen LogP contribution is -2.35. The minimum absolute atomic E-state index is 0.0544. The fourth-order valence-electron chi connectivity index (χ4n) is 4.46. The Morgan fingerprint density at radius 2 is 2.14 bits per heavy atom. The average molecular weight is 477 g/mol. The van der Waals surface area contributed by atoms with Crippen LogP contribution in [0.15, 0.2) is 53.3 Å². The quantitative estimate of drug-likeness (QED) is 0.300. The number of aryl methyl sites for hydroxylation is 1. The van der Waals surface area contributed by atoms with Crippen molar-refractivity contribution >= 4 is 29.8 Å². The summed E-state index contributed by atoms with van der Waals surface area (Å²) in [6.45, 7) is 7.13. The van der Waals surface area contributed by atoms with E-state index in [0.29, 0.717) is 41.6 Å². The van der Waals surface area contributed by atoms with Crippen LogP contribution in [0.1, 0.15) is 53.5 Å². The third-order valence-corrected chi connectivity index (χ3v) is 6.22. The van der Waals surface area contributed by atoms with Crippen molar-refractivity contribution in [3.63, 3.8) is 0 Å². The molecule has 3 heterocycles. The molecule has 8 heteroatoms. The number of aromatic nitrogens is 1. The standard InChI is InChI=1S/C27H32N4O4/c1-5-7-19(29-20-11-22(17-32)30(3)16-20)8-6-9-35-26-13-24-23(12-25(26)34-4)27(33)31-15-18(2)10-21(31)14-28-24/h7,11-14,16-17,21,29H,2,5-6,8-10,15H2,1,3-4H3/b19-7-. The summed E-state index contributed by atoms with van der Waals surface area (Å²) < 4.78 is 13.4. The van der Waals surface area contributed by atoms with Gasteiger partial charge in [-0.1, -0.05) is 25.2 Å². The Balaban J connectivity index is 1.41. The van der Waals surface area contributed by atoms with Crippen LogP contribution in [-0.4, -0.2) is 54.2 Å². The Morgan fingerprint density at radius 1 is 1.31 bits per heavy atom. The van der Waals surface area contributed by atoms with Gasteiger partial charge in [0.05, 0.1) is 42.4 Å². The van der Waals surface area contributed by atoms with Gasteiger partial charge < -0.3 is 24.3 Å². The van der Waals surface area contributed by atoms with Crippen molar-refractivity contribution in [2.24, 2.45) is 12.0 Å².